The molecule has 0 saturated carbocycles. The zero-order chi connectivity index (χ0) is 20.5. The molecule has 0 saturated heterocycles. The molecule has 29 heavy (non-hydrogen) atoms. The molecule has 0 aliphatic carbocycles. The molecule has 3 rings (SSSR count). The summed E-state index contributed by atoms with van der Waals surface area (Å²) in [4.78, 5) is 13.3. The molecule has 8 nitrogen and oxygen atoms in total. The fraction of sp³-hybridized carbons (Fsp3) is 0.238. The molecule has 0 fully saturated rings. The standard InChI is InChI=1S/C21H22N4O4/c1-3-15-5-4-6-16(11-15)25-21-17-12-19(28-9-10-29-22)20(27-8-7-26-2)13-18(17)23-14-24-21/h1,4-6,11-14H,7-10,22H2,2H3,(H,23,24,25). The molecule has 0 atom stereocenters. The normalized spacial score (nSPS) is 10.5. The SMILES string of the molecule is C#Cc1cccc(Nc2ncnc3cc(OCCOC)c(OCCON)cc23)c1. The number of nitrogens with one attached hydrogen (secondary N) is 1. The summed E-state index contributed by atoms with van der Waals surface area (Å²) >= 11 is 0. The van der Waals surface area contributed by atoms with Gasteiger partial charge in [-0.15, -0.1) is 6.42 Å². The first-order chi connectivity index (χ1) is 14.2. The number of nitrogens with zero attached hydrogens (tertiary/aromatic N) is 2. The summed E-state index contributed by atoms with van der Waals surface area (Å²) < 4.78 is 16.6. The Kier molecular flexibility index (Phi) is 7.19. The fourth-order valence-corrected chi connectivity index (χ4v) is 2.65. The number of anilines is 2. The summed E-state index contributed by atoms with van der Waals surface area (Å²) in [5.41, 5.74) is 2.29. The lowest BCUT2D eigenvalue weighted by molar-refractivity contribution is 0.0990. The number of benzene rings is 2. The Hall–Kier alpha value is -3.38. The van der Waals surface area contributed by atoms with E-state index in [4.69, 9.17) is 26.5 Å². The Morgan fingerprint density at radius 2 is 1.83 bits per heavy atom. The van der Waals surface area contributed by atoms with E-state index in [0.717, 1.165) is 16.6 Å². The Morgan fingerprint density at radius 1 is 1.03 bits per heavy atom. The topological polar surface area (TPSA) is 101 Å². The van der Waals surface area contributed by atoms with Crippen molar-refractivity contribution in [3.05, 3.63) is 48.3 Å². The predicted octanol–water partition coefficient (Wildman–Crippen LogP) is 2.65. The second-order valence-corrected chi connectivity index (χ2v) is 5.95. The van der Waals surface area contributed by atoms with Gasteiger partial charge in [0.15, 0.2) is 11.5 Å². The van der Waals surface area contributed by atoms with Crippen LogP contribution in [0.15, 0.2) is 42.7 Å². The number of ether oxygens (including phenoxy) is 3. The Labute approximate surface area is 168 Å². The molecule has 0 aliphatic rings. The lowest BCUT2D eigenvalue weighted by atomic mass is 10.2. The molecule has 150 valence electrons. The number of terminal acetylenes is 1. The Bertz CT molecular complexity index is 1000. The third-order valence-corrected chi connectivity index (χ3v) is 4.00. The van der Waals surface area contributed by atoms with Crippen LogP contribution in [-0.2, 0) is 9.57 Å². The maximum Gasteiger partial charge on any atom is 0.163 e. The number of hydrogen-bond donors (Lipinski definition) is 2. The summed E-state index contributed by atoms with van der Waals surface area (Å²) in [6.45, 7) is 1.33. The first kappa shape index (κ1) is 20.4. The number of methoxy groups -OCH3 is 1. The van der Waals surface area contributed by atoms with Crippen molar-refractivity contribution in [2.75, 3.05) is 38.9 Å². The van der Waals surface area contributed by atoms with Gasteiger partial charge < -0.3 is 24.4 Å². The van der Waals surface area contributed by atoms with Crippen LogP contribution in [0.25, 0.3) is 10.9 Å². The van der Waals surface area contributed by atoms with E-state index in [-0.39, 0.29) is 13.2 Å². The molecule has 0 aliphatic heterocycles. The van der Waals surface area contributed by atoms with E-state index in [0.29, 0.717) is 36.0 Å². The van der Waals surface area contributed by atoms with Gasteiger partial charge in [0.05, 0.1) is 12.1 Å². The van der Waals surface area contributed by atoms with Crippen LogP contribution in [-0.4, -0.2) is 43.5 Å². The molecule has 0 radical (unpaired) electrons. The van der Waals surface area contributed by atoms with Crippen LogP contribution >= 0.6 is 0 Å². The molecule has 1 heterocycles. The molecule has 3 aromatic rings. The van der Waals surface area contributed by atoms with Crippen LogP contribution in [0.5, 0.6) is 11.5 Å². The van der Waals surface area contributed by atoms with Crippen molar-refractivity contribution >= 4 is 22.4 Å². The zero-order valence-corrected chi connectivity index (χ0v) is 16.1. The molecule has 8 heteroatoms. The van der Waals surface area contributed by atoms with Crippen LogP contribution in [0.2, 0.25) is 0 Å². The number of fused-ring (bicyclic) bond motifs is 1. The molecule has 1 aromatic heterocycles. The molecule has 3 N–H and O–H groups in total. The number of rotatable bonds is 10. The number of nitrogens with two attached hydrogens (primary N) is 1. The van der Waals surface area contributed by atoms with Gasteiger partial charge in [-0.1, -0.05) is 12.0 Å². The van der Waals surface area contributed by atoms with Crippen LogP contribution in [0.3, 0.4) is 0 Å². The summed E-state index contributed by atoms with van der Waals surface area (Å²) in [5, 5.41) is 4.05. The number of hydrogen-bond acceptors (Lipinski definition) is 8. The van der Waals surface area contributed by atoms with Crippen molar-refractivity contribution in [1.82, 2.24) is 9.97 Å². The van der Waals surface area contributed by atoms with Gasteiger partial charge in [0.2, 0.25) is 0 Å². The van der Waals surface area contributed by atoms with Crippen molar-refractivity contribution in [3.63, 3.8) is 0 Å². The van der Waals surface area contributed by atoms with Crippen molar-refractivity contribution in [2.45, 2.75) is 0 Å². The van der Waals surface area contributed by atoms with Gasteiger partial charge in [-0.25, -0.2) is 15.9 Å². The summed E-state index contributed by atoms with van der Waals surface area (Å²) in [6.07, 6.45) is 6.97. The smallest absolute Gasteiger partial charge is 0.163 e. The highest BCUT2D eigenvalue weighted by molar-refractivity contribution is 5.93. The van der Waals surface area contributed by atoms with Crippen molar-refractivity contribution < 1.29 is 19.0 Å². The van der Waals surface area contributed by atoms with Gasteiger partial charge in [0.25, 0.3) is 0 Å². The first-order valence-electron chi connectivity index (χ1n) is 8.94. The highest BCUT2D eigenvalue weighted by Crippen LogP contribution is 2.35. The quantitative estimate of drug-likeness (QED) is 0.307. The average molecular weight is 394 g/mol. The monoisotopic (exact) mass is 394 g/mol. The summed E-state index contributed by atoms with van der Waals surface area (Å²) in [6, 6.07) is 11.1. The van der Waals surface area contributed by atoms with E-state index in [1.807, 2.05) is 30.3 Å². The van der Waals surface area contributed by atoms with Gasteiger partial charge >= 0.3 is 0 Å². The second kappa shape index (κ2) is 10.2. The van der Waals surface area contributed by atoms with Crippen LogP contribution in [0, 0.1) is 12.3 Å². The van der Waals surface area contributed by atoms with E-state index in [9.17, 15) is 0 Å². The van der Waals surface area contributed by atoms with Gasteiger partial charge in [0, 0.05) is 29.8 Å². The van der Waals surface area contributed by atoms with Gasteiger partial charge in [-0.3, -0.25) is 0 Å². The molecular formula is C21H22N4O4. The Morgan fingerprint density at radius 3 is 2.59 bits per heavy atom. The third-order valence-electron chi connectivity index (χ3n) is 4.00. The van der Waals surface area contributed by atoms with E-state index in [1.165, 1.54) is 6.33 Å². The van der Waals surface area contributed by atoms with Crippen LogP contribution in [0.4, 0.5) is 11.5 Å². The minimum absolute atomic E-state index is 0.241. The second-order valence-electron chi connectivity index (χ2n) is 5.95. The number of aromatic nitrogens is 2. The van der Waals surface area contributed by atoms with Crippen molar-refractivity contribution in [1.29, 1.82) is 0 Å². The fourth-order valence-electron chi connectivity index (χ4n) is 2.65. The summed E-state index contributed by atoms with van der Waals surface area (Å²) in [7, 11) is 1.61. The molecule has 0 bridgehead atoms. The highest BCUT2D eigenvalue weighted by Gasteiger charge is 2.13. The molecule has 2 aromatic carbocycles. The Balaban J connectivity index is 1.96. The predicted molar refractivity (Wildman–Crippen MR) is 110 cm³/mol. The average Bonchev–Trinajstić information content (AvgIpc) is 2.75. The van der Waals surface area contributed by atoms with Crippen molar-refractivity contribution in [3.8, 4) is 23.8 Å². The van der Waals surface area contributed by atoms with Gasteiger partial charge in [-0.2, -0.15) is 0 Å². The minimum Gasteiger partial charge on any atom is -0.487 e. The first-order valence-corrected chi connectivity index (χ1v) is 8.94. The van der Waals surface area contributed by atoms with E-state index in [2.05, 4.69) is 26.0 Å². The van der Waals surface area contributed by atoms with Gasteiger partial charge in [0.1, 0.15) is 32.0 Å². The maximum absolute atomic E-state index is 5.78. The van der Waals surface area contributed by atoms with Crippen LogP contribution < -0.4 is 20.7 Å². The molecule has 0 spiro atoms. The van der Waals surface area contributed by atoms with E-state index in [1.54, 1.807) is 13.2 Å². The summed E-state index contributed by atoms with van der Waals surface area (Å²) in [5.74, 6) is 9.39. The lowest BCUT2D eigenvalue weighted by Gasteiger charge is -2.15. The maximum atomic E-state index is 5.78. The zero-order valence-electron chi connectivity index (χ0n) is 16.1. The molecular weight excluding hydrogens is 372 g/mol. The lowest BCUT2D eigenvalue weighted by Crippen LogP contribution is -2.11. The molecule has 0 amide bonds. The van der Waals surface area contributed by atoms with E-state index < -0.39 is 0 Å². The van der Waals surface area contributed by atoms with Crippen LogP contribution in [0.1, 0.15) is 5.56 Å². The third kappa shape index (κ3) is 5.33. The minimum atomic E-state index is 0.241. The van der Waals surface area contributed by atoms with Crippen molar-refractivity contribution in [2.24, 2.45) is 5.90 Å². The highest BCUT2D eigenvalue weighted by atomic mass is 16.6. The largest absolute Gasteiger partial charge is 0.487 e. The van der Waals surface area contributed by atoms with Gasteiger partial charge in [-0.05, 0) is 24.3 Å². The van der Waals surface area contributed by atoms with E-state index >= 15 is 0 Å². The molecule has 0 unspecified atom stereocenters.